The molecule has 1 unspecified atom stereocenters. The Morgan fingerprint density at radius 1 is 1.16 bits per heavy atom. The molecule has 2 rings (SSSR count). The molecule has 1 aliphatic rings. The number of nitrogens with zero attached hydrogens (tertiary/aromatic N) is 2. The van der Waals surface area contributed by atoms with E-state index in [9.17, 15) is 5.11 Å². The molecule has 1 aromatic carbocycles. The fourth-order valence-electron chi connectivity index (χ4n) is 2.65. The predicted octanol–water partition coefficient (Wildman–Crippen LogP) is 1.97. The van der Waals surface area contributed by atoms with Crippen LogP contribution in [0.3, 0.4) is 0 Å². The lowest BCUT2D eigenvalue weighted by molar-refractivity contribution is 0.112. The Balaban J connectivity index is 1.87. The molecular weight excluding hydrogens is 236 g/mol. The van der Waals surface area contributed by atoms with Gasteiger partial charge < -0.3 is 14.9 Å². The lowest BCUT2D eigenvalue weighted by Gasteiger charge is -2.32. The molecule has 0 saturated carbocycles. The van der Waals surface area contributed by atoms with Crippen molar-refractivity contribution in [2.45, 2.75) is 26.4 Å². The summed E-state index contributed by atoms with van der Waals surface area (Å²) in [6.07, 6.45) is 0.494. The number of benzene rings is 1. The molecule has 3 nitrogen and oxygen atoms in total. The maximum absolute atomic E-state index is 10.4. The first-order valence-corrected chi connectivity index (χ1v) is 7.22. The molecule has 1 heterocycles. The summed E-state index contributed by atoms with van der Waals surface area (Å²) in [5.74, 6) is 0. The zero-order valence-electron chi connectivity index (χ0n) is 12.4. The average Bonchev–Trinajstić information content (AvgIpc) is 2.40. The fraction of sp³-hybridized carbons (Fsp3) is 0.625. The van der Waals surface area contributed by atoms with Crippen molar-refractivity contribution in [3.8, 4) is 0 Å². The Morgan fingerprint density at radius 3 is 2.53 bits per heavy atom. The van der Waals surface area contributed by atoms with Gasteiger partial charge in [-0.3, -0.25) is 0 Å². The van der Waals surface area contributed by atoms with E-state index in [0.29, 0.717) is 0 Å². The number of piperazine rings is 1. The standard InChI is InChI=1S/C16H26N2O/c1-13-4-5-14(2)15(12-13)16(19)6-7-18-10-8-17(3)9-11-18/h4-5,12,16,19H,6-11H2,1-3H3. The largest absolute Gasteiger partial charge is 0.388 e. The van der Waals surface area contributed by atoms with Crippen LogP contribution in [0.1, 0.15) is 29.2 Å². The highest BCUT2D eigenvalue weighted by atomic mass is 16.3. The van der Waals surface area contributed by atoms with Gasteiger partial charge in [0.25, 0.3) is 0 Å². The molecule has 1 aliphatic heterocycles. The van der Waals surface area contributed by atoms with Gasteiger partial charge in [-0.25, -0.2) is 0 Å². The van der Waals surface area contributed by atoms with Crippen LogP contribution in [0, 0.1) is 13.8 Å². The van der Waals surface area contributed by atoms with E-state index in [2.05, 4.69) is 48.9 Å². The van der Waals surface area contributed by atoms with E-state index in [1.807, 2.05) is 0 Å². The van der Waals surface area contributed by atoms with Crippen molar-refractivity contribution < 1.29 is 5.11 Å². The monoisotopic (exact) mass is 262 g/mol. The third-order valence-corrected chi connectivity index (χ3v) is 4.11. The number of aryl methyl sites for hydroxylation is 2. The molecule has 0 amide bonds. The summed E-state index contributed by atoms with van der Waals surface area (Å²) in [6, 6.07) is 6.32. The van der Waals surface area contributed by atoms with Gasteiger partial charge >= 0.3 is 0 Å². The molecule has 0 radical (unpaired) electrons. The average molecular weight is 262 g/mol. The summed E-state index contributed by atoms with van der Waals surface area (Å²) in [5.41, 5.74) is 3.50. The van der Waals surface area contributed by atoms with Crippen molar-refractivity contribution in [3.63, 3.8) is 0 Å². The molecule has 0 aromatic heterocycles. The number of aliphatic hydroxyl groups excluding tert-OH is 1. The van der Waals surface area contributed by atoms with Crippen LogP contribution >= 0.6 is 0 Å². The summed E-state index contributed by atoms with van der Waals surface area (Å²) < 4.78 is 0. The van der Waals surface area contributed by atoms with E-state index in [-0.39, 0.29) is 6.10 Å². The topological polar surface area (TPSA) is 26.7 Å². The first-order chi connectivity index (χ1) is 9.06. The van der Waals surface area contributed by atoms with Gasteiger partial charge in [0.15, 0.2) is 0 Å². The highest BCUT2D eigenvalue weighted by Gasteiger charge is 2.16. The summed E-state index contributed by atoms with van der Waals surface area (Å²) >= 11 is 0. The fourth-order valence-corrected chi connectivity index (χ4v) is 2.65. The zero-order valence-corrected chi connectivity index (χ0v) is 12.4. The van der Waals surface area contributed by atoms with Crippen molar-refractivity contribution in [2.24, 2.45) is 0 Å². The minimum absolute atomic E-state index is 0.334. The van der Waals surface area contributed by atoms with Gasteiger partial charge in [-0.05, 0) is 38.4 Å². The number of hydrogen-bond acceptors (Lipinski definition) is 3. The van der Waals surface area contributed by atoms with Crippen LogP contribution < -0.4 is 0 Å². The number of hydrogen-bond donors (Lipinski definition) is 1. The maximum atomic E-state index is 10.4. The molecule has 0 aliphatic carbocycles. The molecule has 0 spiro atoms. The predicted molar refractivity (Wildman–Crippen MR) is 79.4 cm³/mol. The molecule has 1 fully saturated rings. The van der Waals surface area contributed by atoms with Gasteiger partial charge in [0, 0.05) is 32.7 Å². The molecule has 19 heavy (non-hydrogen) atoms. The van der Waals surface area contributed by atoms with Crippen LogP contribution in [0.15, 0.2) is 18.2 Å². The summed E-state index contributed by atoms with van der Waals surface area (Å²) in [4.78, 5) is 4.81. The molecule has 0 bridgehead atoms. The number of aliphatic hydroxyl groups is 1. The van der Waals surface area contributed by atoms with Gasteiger partial charge in [0.2, 0.25) is 0 Å². The zero-order chi connectivity index (χ0) is 13.8. The Bertz CT molecular complexity index is 411. The van der Waals surface area contributed by atoms with E-state index in [4.69, 9.17) is 0 Å². The van der Waals surface area contributed by atoms with E-state index < -0.39 is 0 Å². The summed E-state index contributed by atoms with van der Waals surface area (Å²) in [5, 5.41) is 10.4. The Kier molecular flexibility index (Phi) is 4.97. The van der Waals surface area contributed by atoms with Crippen LogP contribution in [0.2, 0.25) is 0 Å². The second-order valence-corrected chi connectivity index (χ2v) is 5.81. The Morgan fingerprint density at radius 2 is 1.84 bits per heavy atom. The van der Waals surface area contributed by atoms with E-state index in [1.165, 1.54) is 11.1 Å². The van der Waals surface area contributed by atoms with Crippen LogP contribution in [0.5, 0.6) is 0 Å². The smallest absolute Gasteiger partial charge is 0.0804 e. The highest BCUT2D eigenvalue weighted by molar-refractivity contribution is 5.32. The van der Waals surface area contributed by atoms with Crippen molar-refractivity contribution >= 4 is 0 Å². The molecular formula is C16H26N2O. The van der Waals surface area contributed by atoms with Crippen LogP contribution in [-0.2, 0) is 0 Å². The van der Waals surface area contributed by atoms with Gasteiger partial charge in [-0.2, -0.15) is 0 Å². The van der Waals surface area contributed by atoms with Crippen molar-refractivity contribution in [2.75, 3.05) is 39.8 Å². The van der Waals surface area contributed by atoms with Gasteiger partial charge in [0.05, 0.1) is 6.10 Å². The van der Waals surface area contributed by atoms with Gasteiger partial charge in [-0.1, -0.05) is 23.8 Å². The lowest BCUT2D eigenvalue weighted by atomic mass is 9.99. The quantitative estimate of drug-likeness (QED) is 0.899. The normalized spacial score (nSPS) is 19.6. The van der Waals surface area contributed by atoms with Crippen molar-refractivity contribution in [1.82, 2.24) is 9.80 Å². The molecule has 1 saturated heterocycles. The van der Waals surface area contributed by atoms with Crippen molar-refractivity contribution in [3.05, 3.63) is 34.9 Å². The van der Waals surface area contributed by atoms with Crippen molar-refractivity contribution in [1.29, 1.82) is 0 Å². The first-order valence-electron chi connectivity index (χ1n) is 7.22. The minimum Gasteiger partial charge on any atom is -0.388 e. The second-order valence-electron chi connectivity index (χ2n) is 5.81. The SMILES string of the molecule is Cc1ccc(C)c(C(O)CCN2CCN(C)CC2)c1. The van der Waals surface area contributed by atoms with E-state index >= 15 is 0 Å². The Hall–Kier alpha value is -0.900. The first kappa shape index (κ1) is 14.5. The molecule has 1 atom stereocenters. The Labute approximate surface area is 116 Å². The number of likely N-dealkylation sites (N-methyl/N-ethyl adjacent to an activating group) is 1. The molecule has 3 heteroatoms. The van der Waals surface area contributed by atoms with E-state index in [0.717, 1.165) is 44.7 Å². The van der Waals surface area contributed by atoms with Gasteiger partial charge in [0.1, 0.15) is 0 Å². The minimum atomic E-state index is -0.334. The highest BCUT2D eigenvalue weighted by Crippen LogP contribution is 2.22. The maximum Gasteiger partial charge on any atom is 0.0804 e. The molecule has 1 aromatic rings. The van der Waals surface area contributed by atoms with Gasteiger partial charge in [-0.15, -0.1) is 0 Å². The van der Waals surface area contributed by atoms with Crippen LogP contribution in [-0.4, -0.2) is 54.7 Å². The number of rotatable bonds is 4. The lowest BCUT2D eigenvalue weighted by Crippen LogP contribution is -2.44. The summed E-state index contributed by atoms with van der Waals surface area (Å²) in [6.45, 7) is 9.66. The van der Waals surface area contributed by atoms with Crippen LogP contribution in [0.4, 0.5) is 0 Å². The second kappa shape index (κ2) is 6.51. The summed E-state index contributed by atoms with van der Waals surface area (Å²) in [7, 11) is 2.17. The third-order valence-electron chi connectivity index (χ3n) is 4.11. The van der Waals surface area contributed by atoms with E-state index in [1.54, 1.807) is 0 Å². The third kappa shape index (κ3) is 4.03. The molecule has 1 N–H and O–H groups in total. The molecule has 106 valence electrons. The van der Waals surface area contributed by atoms with Crippen LogP contribution in [0.25, 0.3) is 0 Å².